The molecule has 3 heterocycles. The van der Waals surface area contributed by atoms with E-state index in [9.17, 15) is 8.42 Å². The van der Waals surface area contributed by atoms with Gasteiger partial charge in [-0.05, 0) is 43.4 Å². The minimum absolute atomic E-state index is 0.0460. The Morgan fingerprint density at radius 3 is 2.49 bits per heavy atom. The Labute approximate surface area is 214 Å². The van der Waals surface area contributed by atoms with Gasteiger partial charge in [0.15, 0.2) is 0 Å². The van der Waals surface area contributed by atoms with Crippen LogP contribution in [-0.4, -0.2) is 42.2 Å². The number of aromatic nitrogens is 2. The third-order valence-corrected chi connectivity index (χ3v) is 9.68. The van der Waals surface area contributed by atoms with E-state index in [-0.39, 0.29) is 29.6 Å². The van der Waals surface area contributed by atoms with E-state index >= 15 is 8.78 Å². The van der Waals surface area contributed by atoms with E-state index in [4.69, 9.17) is 14.9 Å². The summed E-state index contributed by atoms with van der Waals surface area (Å²) in [5, 5.41) is 6.89. The van der Waals surface area contributed by atoms with Gasteiger partial charge in [-0.15, -0.1) is 11.7 Å². The summed E-state index contributed by atoms with van der Waals surface area (Å²) in [7, 11) is -3.88. The highest BCUT2D eigenvalue weighted by molar-refractivity contribution is 7.89. The molecule has 196 valence electrons. The van der Waals surface area contributed by atoms with Gasteiger partial charge in [0.1, 0.15) is 16.9 Å². The minimum Gasteiger partial charge on any atom is -0.407 e. The van der Waals surface area contributed by atoms with Crippen LogP contribution in [0.15, 0.2) is 59.5 Å². The Balaban J connectivity index is 1.51. The molecule has 5 rings (SSSR count). The largest absolute Gasteiger partial charge is 0.407 e. The summed E-state index contributed by atoms with van der Waals surface area (Å²) in [6.07, 6.45) is 3.06. The zero-order chi connectivity index (χ0) is 26.2. The van der Waals surface area contributed by atoms with Crippen molar-refractivity contribution >= 4 is 16.0 Å². The highest BCUT2D eigenvalue weighted by Crippen LogP contribution is 2.43. The first-order valence-electron chi connectivity index (χ1n) is 12.1. The second kappa shape index (κ2) is 9.96. The van der Waals surface area contributed by atoms with Crippen molar-refractivity contribution in [1.82, 2.24) is 14.5 Å². The zero-order valence-electron chi connectivity index (χ0n) is 20.1. The number of nitrogens with two attached hydrogens (primary N) is 1. The number of nitrogen functional groups attached to an aromatic ring is 1. The van der Waals surface area contributed by atoms with Crippen molar-refractivity contribution in [1.29, 1.82) is 0 Å². The zero-order valence-corrected chi connectivity index (χ0v) is 21.0. The Kier molecular flexibility index (Phi) is 6.86. The summed E-state index contributed by atoms with van der Waals surface area (Å²) in [6.45, 7) is 4.04. The smallest absolute Gasteiger partial charge is 0.312 e. The summed E-state index contributed by atoms with van der Waals surface area (Å²) in [6, 6.07) is 10.4. The number of benzene rings is 2. The van der Waals surface area contributed by atoms with Crippen molar-refractivity contribution < 1.29 is 26.4 Å². The molecule has 1 aromatic heterocycles. The summed E-state index contributed by atoms with van der Waals surface area (Å²) in [5.74, 6) is -1.33. The van der Waals surface area contributed by atoms with E-state index in [2.05, 4.69) is 16.8 Å². The highest BCUT2D eigenvalue weighted by atomic mass is 32.2. The molecule has 0 bridgehead atoms. The van der Waals surface area contributed by atoms with Gasteiger partial charge in [0, 0.05) is 36.9 Å². The van der Waals surface area contributed by atoms with Crippen LogP contribution in [0, 0.1) is 11.6 Å². The van der Waals surface area contributed by atoms with Crippen molar-refractivity contribution in [3.05, 3.63) is 89.3 Å². The molecule has 37 heavy (non-hydrogen) atoms. The molecule has 0 radical (unpaired) electrons. The first kappa shape index (κ1) is 25.5. The molecule has 2 atom stereocenters. The van der Waals surface area contributed by atoms with Gasteiger partial charge in [0.2, 0.25) is 15.9 Å². The van der Waals surface area contributed by atoms with Crippen LogP contribution >= 0.6 is 0 Å². The van der Waals surface area contributed by atoms with Crippen LogP contribution in [0.3, 0.4) is 0 Å². The number of hydrogen-bond acceptors (Lipinski definition) is 7. The van der Waals surface area contributed by atoms with Crippen LogP contribution in [-0.2, 0) is 26.7 Å². The summed E-state index contributed by atoms with van der Waals surface area (Å²) in [4.78, 5) is 0. The van der Waals surface area contributed by atoms with Crippen LogP contribution in [0.1, 0.15) is 53.5 Å². The van der Waals surface area contributed by atoms with E-state index in [1.54, 1.807) is 30.3 Å². The molecule has 2 aromatic carbocycles. The van der Waals surface area contributed by atoms with Gasteiger partial charge in [-0.2, -0.15) is 4.31 Å². The molecule has 0 unspecified atom stereocenters. The van der Waals surface area contributed by atoms with Crippen LogP contribution in [0.25, 0.3) is 0 Å². The number of sulfonamides is 1. The van der Waals surface area contributed by atoms with Gasteiger partial charge in [-0.25, -0.2) is 17.2 Å². The molecule has 2 fully saturated rings. The Bertz CT molecular complexity index is 1390. The van der Waals surface area contributed by atoms with E-state index in [0.717, 1.165) is 12.1 Å². The van der Waals surface area contributed by atoms with Gasteiger partial charge in [0.25, 0.3) is 0 Å². The molecule has 2 aliphatic heterocycles. The average molecular weight is 531 g/mol. The Hall–Kier alpha value is -3.15. The van der Waals surface area contributed by atoms with Gasteiger partial charge in [0.05, 0.1) is 5.41 Å². The van der Waals surface area contributed by atoms with Gasteiger partial charge >= 0.3 is 6.01 Å². The van der Waals surface area contributed by atoms with E-state index in [0.29, 0.717) is 44.5 Å². The lowest BCUT2D eigenvalue weighted by molar-refractivity contribution is 0.0534. The maximum Gasteiger partial charge on any atom is 0.312 e. The SMILES string of the molecule is C=C[C@H]1CC[C@H](c2ccccc2)S(=O)(=O)N1Cc1cc(F)c(C2(c3nnc(N)o3)CCOCC2)cc1F. The fraction of sp³-hybridized carbons (Fsp3) is 0.385. The monoisotopic (exact) mass is 530 g/mol. The molecule has 0 spiro atoms. The lowest BCUT2D eigenvalue weighted by atomic mass is 9.73. The van der Waals surface area contributed by atoms with Gasteiger partial charge in [-0.1, -0.05) is 41.5 Å². The molecule has 0 amide bonds. The standard InChI is InChI=1S/C26H28F2N4O4S/c1-2-19-8-9-23(17-6-4-3-5-7-17)37(33,34)32(19)16-18-14-22(28)20(15-21(18)27)26(10-12-35-13-11-26)24-30-31-25(29)36-24/h2-7,14-15,19,23H,1,8-13,16H2,(H2,29,31)/t19-,23+/m0/s1. The normalized spacial score (nSPS) is 23.5. The van der Waals surface area contributed by atoms with Crippen LogP contribution in [0.5, 0.6) is 0 Å². The number of ether oxygens (including phenoxy) is 1. The quantitative estimate of drug-likeness (QED) is 0.474. The van der Waals surface area contributed by atoms with E-state index in [1.807, 2.05) is 6.07 Å². The average Bonchev–Trinajstić information content (AvgIpc) is 3.34. The van der Waals surface area contributed by atoms with E-state index in [1.165, 1.54) is 4.31 Å². The molecule has 2 N–H and O–H groups in total. The molecule has 0 aliphatic carbocycles. The molecule has 2 aliphatic rings. The molecular formula is C26H28F2N4O4S. The second-order valence-electron chi connectivity index (χ2n) is 9.43. The lowest BCUT2D eigenvalue weighted by Gasteiger charge is -2.38. The van der Waals surface area contributed by atoms with Crippen molar-refractivity contribution in [3.63, 3.8) is 0 Å². The third-order valence-electron chi connectivity index (χ3n) is 7.40. The molecule has 2 saturated heterocycles. The number of nitrogens with zero attached hydrogens (tertiary/aromatic N) is 3. The Morgan fingerprint density at radius 2 is 1.84 bits per heavy atom. The van der Waals surface area contributed by atoms with Crippen molar-refractivity contribution in [2.24, 2.45) is 0 Å². The predicted molar refractivity (Wildman–Crippen MR) is 133 cm³/mol. The number of rotatable bonds is 6. The lowest BCUT2D eigenvalue weighted by Crippen LogP contribution is -2.45. The van der Waals surface area contributed by atoms with Crippen LogP contribution in [0.2, 0.25) is 0 Å². The van der Waals surface area contributed by atoms with Crippen molar-refractivity contribution in [3.8, 4) is 0 Å². The number of hydrogen-bond donors (Lipinski definition) is 1. The number of halogens is 2. The van der Waals surface area contributed by atoms with Crippen LogP contribution in [0.4, 0.5) is 14.8 Å². The molecule has 11 heteroatoms. The predicted octanol–water partition coefficient (Wildman–Crippen LogP) is 4.25. The maximum atomic E-state index is 15.7. The first-order chi connectivity index (χ1) is 17.8. The van der Waals surface area contributed by atoms with Crippen molar-refractivity contribution in [2.75, 3.05) is 18.9 Å². The fourth-order valence-corrected chi connectivity index (χ4v) is 7.56. The number of anilines is 1. The van der Waals surface area contributed by atoms with Gasteiger partial charge in [-0.3, -0.25) is 0 Å². The van der Waals surface area contributed by atoms with E-state index < -0.39 is 38.4 Å². The summed E-state index contributed by atoms with van der Waals surface area (Å²) < 4.78 is 70.7. The second-order valence-corrected chi connectivity index (χ2v) is 11.5. The molecule has 0 saturated carbocycles. The molecule has 3 aromatic rings. The maximum absolute atomic E-state index is 15.7. The Morgan fingerprint density at radius 1 is 1.11 bits per heavy atom. The summed E-state index contributed by atoms with van der Waals surface area (Å²) in [5.41, 5.74) is 5.15. The highest BCUT2D eigenvalue weighted by Gasteiger charge is 2.45. The summed E-state index contributed by atoms with van der Waals surface area (Å²) >= 11 is 0. The third kappa shape index (κ3) is 4.55. The topological polar surface area (TPSA) is 112 Å². The fourth-order valence-electron chi connectivity index (χ4n) is 5.41. The molecular weight excluding hydrogens is 502 g/mol. The minimum atomic E-state index is -3.88. The first-order valence-corrected chi connectivity index (χ1v) is 13.6. The van der Waals surface area contributed by atoms with Crippen LogP contribution < -0.4 is 5.73 Å². The van der Waals surface area contributed by atoms with Crippen molar-refractivity contribution in [2.45, 2.75) is 48.9 Å². The molecule has 8 nitrogen and oxygen atoms in total. The van der Waals surface area contributed by atoms with Gasteiger partial charge < -0.3 is 14.9 Å².